The van der Waals surface area contributed by atoms with Gasteiger partial charge in [-0.2, -0.15) is 0 Å². The summed E-state index contributed by atoms with van der Waals surface area (Å²) < 4.78 is 0. The van der Waals surface area contributed by atoms with Crippen molar-refractivity contribution >= 4 is 16.6 Å². The average molecular weight is 334 g/mol. The van der Waals surface area contributed by atoms with Crippen LogP contribution in [0.5, 0.6) is 5.75 Å². The van der Waals surface area contributed by atoms with E-state index >= 15 is 0 Å². The number of rotatable bonds is 3. The van der Waals surface area contributed by atoms with Crippen LogP contribution < -0.4 is 10.6 Å². The maximum absolute atomic E-state index is 10.2. The van der Waals surface area contributed by atoms with Crippen LogP contribution in [-0.2, 0) is 6.54 Å². The highest BCUT2D eigenvalue weighted by Gasteiger charge is 2.20. The average Bonchev–Trinajstić information content (AvgIpc) is 3.14. The molecule has 3 N–H and O–H groups in total. The van der Waals surface area contributed by atoms with Gasteiger partial charge >= 0.3 is 0 Å². The van der Waals surface area contributed by atoms with Gasteiger partial charge in [0.2, 0.25) is 0 Å². The van der Waals surface area contributed by atoms with E-state index < -0.39 is 0 Å². The Labute approximate surface area is 147 Å². The van der Waals surface area contributed by atoms with Crippen molar-refractivity contribution < 1.29 is 5.11 Å². The first-order chi connectivity index (χ1) is 12.2. The fourth-order valence-corrected chi connectivity index (χ4v) is 3.59. The van der Waals surface area contributed by atoms with E-state index in [1.165, 1.54) is 24.1 Å². The maximum Gasteiger partial charge on any atom is 0.163 e. The number of benzene rings is 2. The van der Waals surface area contributed by atoms with Gasteiger partial charge in [0.05, 0.1) is 16.8 Å². The van der Waals surface area contributed by atoms with Gasteiger partial charge in [-0.25, -0.2) is 9.97 Å². The molecule has 0 atom stereocenters. The highest BCUT2D eigenvalue weighted by molar-refractivity contribution is 5.95. The summed E-state index contributed by atoms with van der Waals surface area (Å²) in [6, 6.07) is 11.4. The molecule has 0 bridgehead atoms. The summed E-state index contributed by atoms with van der Waals surface area (Å²) in [4.78, 5) is 11.8. The fourth-order valence-electron chi connectivity index (χ4n) is 3.59. The van der Waals surface area contributed by atoms with E-state index in [1.54, 1.807) is 12.1 Å². The Bertz CT molecular complexity index is 932. The first-order valence-corrected chi connectivity index (χ1v) is 8.72. The molecule has 3 aromatic rings. The minimum absolute atomic E-state index is 0.178. The number of nitrogens with zero attached hydrogens (tertiary/aromatic N) is 3. The van der Waals surface area contributed by atoms with E-state index in [0.29, 0.717) is 17.9 Å². The lowest BCUT2D eigenvalue weighted by atomic mass is 10.1. The third kappa shape index (κ3) is 2.81. The molecule has 128 valence electrons. The monoisotopic (exact) mass is 334 g/mol. The second-order valence-corrected chi connectivity index (χ2v) is 6.59. The molecule has 0 unspecified atom stereocenters. The molecule has 0 radical (unpaired) electrons. The van der Waals surface area contributed by atoms with Crippen LogP contribution in [0.15, 0.2) is 36.4 Å². The summed E-state index contributed by atoms with van der Waals surface area (Å²) >= 11 is 0. The molecule has 1 aromatic heterocycles. The zero-order chi connectivity index (χ0) is 17.4. The van der Waals surface area contributed by atoms with E-state index in [2.05, 4.69) is 28.9 Å². The molecule has 1 fully saturated rings. The molecule has 1 aliphatic rings. The summed E-state index contributed by atoms with van der Waals surface area (Å²) in [6.07, 6.45) is 2.43. The van der Waals surface area contributed by atoms with Crippen LogP contribution in [0.1, 0.15) is 24.1 Å². The molecule has 1 saturated heterocycles. The summed E-state index contributed by atoms with van der Waals surface area (Å²) in [5.74, 6) is 0.696. The number of phenolic OH excluding ortho intramolecular Hbond substituents is 1. The van der Waals surface area contributed by atoms with Crippen molar-refractivity contribution in [2.75, 3.05) is 18.0 Å². The zero-order valence-electron chi connectivity index (χ0n) is 14.4. The number of anilines is 1. The second-order valence-electron chi connectivity index (χ2n) is 6.59. The molecule has 2 aromatic carbocycles. The zero-order valence-corrected chi connectivity index (χ0v) is 14.4. The van der Waals surface area contributed by atoms with E-state index in [0.717, 1.165) is 29.7 Å². The minimum atomic E-state index is 0.178. The van der Waals surface area contributed by atoms with Gasteiger partial charge in [-0.3, -0.25) is 0 Å². The lowest BCUT2D eigenvalue weighted by Crippen LogP contribution is -2.19. The lowest BCUT2D eigenvalue weighted by Gasteiger charge is -2.22. The molecule has 0 saturated carbocycles. The highest BCUT2D eigenvalue weighted by Crippen LogP contribution is 2.34. The van der Waals surface area contributed by atoms with Crippen molar-refractivity contribution in [3.05, 3.63) is 47.7 Å². The van der Waals surface area contributed by atoms with E-state index in [9.17, 15) is 5.11 Å². The van der Waals surface area contributed by atoms with Crippen LogP contribution >= 0.6 is 0 Å². The van der Waals surface area contributed by atoms with E-state index in [4.69, 9.17) is 10.7 Å². The maximum atomic E-state index is 10.2. The largest absolute Gasteiger partial charge is 0.507 e. The van der Waals surface area contributed by atoms with Gasteiger partial charge in [0, 0.05) is 30.7 Å². The standard InChI is InChI=1S/C20H22N4O/c1-13-10-15-19(17(11-13)24-8-4-5-9-24)16(12-21)23-20(22-15)14-6-2-3-7-18(14)25/h2-3,6-7,10-11,25H,4-5,8-9,12,21H2,1H3. The predicted octanol–water partition coefficient (Wildman–Crippen LogP) is 3.37. The first kappa shape index (κ1) is 15.8. The van der Waals surface area contributed by atoms with Crippen molar-refractivity contribution in [3.63, 3.8) is 0 Å². The molecule has 0 amide bonds. The molecule has 5 nitrogen and oxygen atoms in total. The third-order valence-corrected chi connectivity index (χ3v) is 4.78. The molecule has 0 aliphatic carbocycles. The lowest BCUT2D eigenvalue weighted by molar-refractivity contribution is 0.477. The van der Waals surface area contributed by atoms with Gasteiger partial charge in [0.15, 0.2) is 5.82 Å². The number of nitrogens with two attached hydrogens (primary N) is 1. The molecule has 2 heterocycles. The molecular formula is C20H22N4O. The molecule has 0 spiro atoms. The summed E-state index contributed by atoms with van der Waals surface area (Å²) in [7, 11) is 0. The number of aryl methyl sites for hydroxylation is 1. The van der Waals surface area contributed by atoms with Crippen molar-refractivity contribution in [1.82, 2.24) is 9.97 Å². The topological polar surface area (TPSA) is 75.3 Å². The second kappa shape index (κ2) is 6.33. The van der Waals surface area contributed by atoms with Gasteiger partial charge in [0.1, 0.15) is 5.75 Å². The van der Waals surface area contributed by atoms with Crippen LogP contribution in [0, 0.1) is 6.92 Å². The summed E-state index contributed by atoms with van der Waals surface area (Å²) in [5.41, 5.74) is 10.7. The summed E-state index contributed by atoms with van der Waals surface area (Å²) in [6.45, 7) is 4.54. The van der Waals surface area contributed by atoms with Crippen molar-refractivity contribution in [2.45, 2.75) is 26.3 Å². The van der Waals surface area contributed by atoms with Gasteiger partial charge < -0.3 is 15.7 Å². The first-order valence-electron chi connectivity index (χ1n) is 8.72. The van der Waals surface area contributed by atoms with Crippen molar-refractivity contribution in [3.8, 4) is 17.1 Å². The number of fused-ring (bicyclic) bond motifs is 1. The van der Waals surface area contributed by atoms with Gasteiger partial charge in [0.25, 0.3) is 0 Å². The van der Waals surface area contributed by atoms with Gasteiger partial charge in [-0.05, 0) is 49.6 Å². The van der Waals surface area contributed by atoms with Crippen molar-refractivity contribution in [2.24, 2.45) is 5.73 Å². The van der Waals surface area contributed by atoms with Crippen molar-refractivity contribution in [1.29, 1.82) is 0 Å². The number of hydrogen-bond donors (Lipinski definition) is 2. The Morgan fingerprint density at radius 1 is 1.12 bits per heavy atom. The Hall–Kier alpha value is -2.66. The quantitative estimate of drug-likeness (QED) is 0.768. The number of hydrogen-bond acceptors (Lipinski definition) is 5. The molecular weight excluding hydrogens is 312 g/mol. The van der Waals surface area contributed by atoms with Crippen LogP contribution in [-0.4, -0.2) is 28.2 Å². The Morgan fingerprint density at radius 2 is 1.88 bits per heavy atom. The minimum Gasteiger partial charge on any atom is -0.507 e. The number of para-hydroxylation sites is 1. The molecule has 4 rings (SSSR count). The number of phenols is 1. The van der Waals surface area contributed by atoms with E-state index in [-0.39, 0.29) is 5.75 Å². The Kier molecular flexibility index (Phi) is 4.01. The normalized spacial score (nSPS) is 14.4. The number of aromatic hydroxyl groups is 1. The van der Waals surface area contributed by atoms with E-state index in [1.807, 2.05) is 12.1 Å². The number of aromatic nitrogens is 2. The fraction of sp³-hybridized carbons (Fsp3) is 0.300. The molecule has 5 heteroatoms. The Morgan fingerprint density at radius 3 is 2.60 bits per heavy atom. The third-order valence-electron chi connectivity index (χ3n) is 4.78. The predicted molar refractivity (Wildman–Crippen MR) is 101 cm³/mol. The highest BCUT2D eigenvalue weighted by atomic mass is 16.3. The molecule has 1 aliphatic heterocycles. The van der Waals surface area contributed by atoms with Crippen LogP contribution in [0.4, 0.5) is 5.69 Å². The van der Waals surface area contributed by atoms with Gasteiger partial charge in [-0.1, -0.05) is 12.1 Å². The molecule has 25 heavy (non-hydrogen) atoms. The van der Waals surface area contributed by atoms with Crippen LogP contribution in [0.2, 0.25) is 0 Å². The van der Waals surface area contributed by atoms with Crippen LogP contribution in [0.3, 0.4) is 0 Å². The van der Waals surface area contributed by atoms with Gasteiger partial charge in [-0.15, -0.1) is 0 Å². The van der Waals surface area contributed by atoms with Crippen LogP contribution in [0.25, 0.3) is 22.3 Å². The smallest absolute Gasteiger partial charge is 0.163 e. The summed E-state index contributed by atoms with van der Waals surface area (Å²) in [5, 5.41) is 11.2. The SMILES string of the molecule is Cc1cc(N2CCCC2)c2c(CN)nc(-c3ccccc3O)nc2c1. The Balaban J connectivity index is 1.97.